The normalized spacial score (nSPS) is 11.2. The molecule has 0 amide bonds. The van der Waals surface area contributed by atoms with E-state index in [-0.39, 0.29) is 11.8 Å². The van der Waals surface area contributed by atoms with Crippen LogP contribution in [0.15, 0.2) is 53.7 Å². The molecule has 0 atom stereocenters. The zero-order chi connectivity index (χ0) is 13.9. The average molecular weight is 263 g/mol. The Kier molecular flexibility index (Phi) is 3.01. The molecule has 0 aliphatic heterocycles. The lowest BCUT2D eigenvalue weighted by atomic mass is 10.1. The van der Waals surface area contributed by atoms with Crippen LogP contribution in [0.5, 0.6) is 0 Å². The Bertz CT molecular complexity index is 790. The molecule has 0 saturated carbocycles. The maximum atomic E-state index is 5.75. The minimum absolute atomic E-state index is 0.145. The van der Waals surface area contributed by atoms with Crippen molar-refractivity contribution < 1.29 is 0 Å². The molecule has 0 fully saturated rings. The lowest BCUT2D eigenvalue weighted by Crippen LogP contribution is -1.98. The van der Waals surface area contributed by atoms with E-state index in [0.29, 0.717) is 5.69 Å². The summed E-state index contributed by atoms with van der Waals surface area (Å²) in [6.45, 7) is 0. The van der Waals surface area contributed by atoms with Crippen molar-refractivity contribution in [1.29, 1.82) is 0 Å². The monoisotopic (exact) mass is 263 g/mol. The van der Waals surface area contributed by atoms with Gasteiger partial charge in [0.05, 0.1) is 6.20 Å². The standard InChI is InChI=1S/C15H13N5/c16-14-13(9-19-15(17)20-14)18-8-11-6-3-5-10-4-1-2-7-12(10)11/h1-9H,(H4,16,17,19,20). The number of aliphatic imine (C=N–C) groups is 1. The zero-order valence-corrected chi connectivity index (χ0v) is 10.7. The van der Waals surface area contributed by atoms with E-state index in [9.17, 15) is 0 Å². The van der Waals surface area contributed by atoms with Gasteiger partial charge in [-0.3, -0.25) is 4.99 Å². The first kappa shape index (κ1) is 12.1. The zero-order valence-electron chi connectivity index (χ0n) is 10.7. The summed E-state index contributed by atoms with van der Waals surface area (Å²) in [6.07, 6.45) is 3.27. The number of anilines is 2. The van der Waals surface area contributed by atoms with Crippen LogP contribution in [0.25, 0.3) is 10.8 Å². The van der Waals surface area contributed by atoms with E-state index in [1.54, 1.807) is 6.21 Å². The van der Waals surface area contributed by atoms with Crippen LogP contribution >= 0.6 is 0 Å². The van der Waals surface area contributed by atoms with E-state index in [2.05, 4.69) is 33.2 Å². The SMILES string of the molecule is Nc1ncc(N=Cc2cccc3ccccc23)c(N)n1. The molecule has 4 N–H and O–H groups in total. The van der Waals surface area contributed by atoms with Gasteiger partial charge < -0.3 is 11.5 Å². The molecule has 2 aromatic carbocycles. The van der Waals surface area contributed by atoms with E-state index in [1.807, 2.05) is 24.3 Å². The molecule has 0 saturated heterocycles. The van der Waals surface area contributed by atoms with Gasteiger partial charge in [-0.15, -0.1) is 0 Å². The third-order valence-electron chi connectivity index (χ3n) is 2.98. The Morgan fingerprint density at radius 2 is 1.80 bits per heavy atom. The fourth-order valence-corrected chi connectivity index (χ4v) is 2.00. The topological polar surface area (TPSA) is 90.2 Å². The van der Waals surface area contributed by atoms with Crippen molar-refractivity contribution in [2.45, 2.75) is 0 Å². The second kappa shape index (κ2) is 4.97. The van der Waals surface area contributed by atoms with Gasteiger partial charge in [-0.2, -0.15) is 4.98 Å². The summed E-state index contributed by atoms with van der Waals surface area (Å²) < 4.78 is 0. The maximum Gasteiger partial charge on any atom is 0.222 e. The number of nitrogens with zero attached hydrogens (tertiary/aromatic N) is 3. The van der Waals surface area contributed by atoms with E-state index in [1.165, 1.54) is 6.20 Å². The van der Waals surface area contributed by atoms with Crippen LogP contribution in [0.2, 0.25) is 0 Å². The number of hydrogen-bond donors (Lipinski definition) is 2. The first-order valence-corrected chi connectivity index (χ1v) is 6.14. The third-order valence-corrected chi connectivity index (χ3v) is 2.98. The van der Waals surface area contributed by atoms with Crippen LogP contribution < -0.4 is 11.5 Å². The Labute approximate surface area is 116 Å². The number of hydrogen-bond acceptors (Lipinski definition) is 5. The van der Waals surface area contributed by atoms with Gasteiger partial charge in [0, 0.05) is 11.8 Å². The van der Waals surface area contributed by atoms with Gasteiger partial charge in [-0.05, 0) is 10.8 Å². The smallest absolute Gasteiger partial charge is 0.222 e. The Morgan fingerprint density at radius 3 is 2.65 bits per heavy atom. The molecule has 3 rings (SSSR count). The van der Waals surface area contributed by atoms with E-state index >= 15 is 0 Å². The van der Waals surface area contributed by atoms with Crippen molar-refractivity contribution in [2.75, 3.05) is 11.5 Å². The summed E-state index contributed by atoms with van der Waals surface area (Å²) in [4.78, 5) is 12.1. The molecule has 0 aliphatic rings. The van der Waals surface area contributed by atoms with Crippen molar-refractivity contribution in [2.24, 2.45) is 4.99 Å². The molecule has 0 bridgehead atoms. The summed E-state index contributed by atoms with van der Waals surface area (Å²) >= 11 is 0. The number of fused-ring (bicyclic) bond motifs is 1. The molecular formula is C15H13N5. The molecule has 0 radical (unpaired) electrons. The summed E-state index contributed by atoms with van der Waals surface area (Å²) in [5.41, 5.74) is 12.7. The van der Waals surface area contributed by atoms with Gasteiger partial charge in [-0.1, -0.05) is 42.5 Å². The molecular weight excluding hydrogens is 250 g/mol. The van der Waals surface area contributed by atoms with E-state index < -0.39 is 0 Å². The van der Waals surface area contributed by atoms with Gasteiger partial charge in [0.15, 0.2) is 5.82 Å². The Morgan fingerprint density at radius 1 is 1.00 bits per heavy atom. The average Bonchev–Trinajstić information content (AvgIpc) is 2.46. The fraction of sp³-hybridized carbons (Fsp3) is 0. The largest absolute Gasteiger partial charge is 0.382 e. The predicted molar refractivity (Wildman–Crippen MR) is 82.1 cm³/mol. The van der Waals surface area contributed by atoms with Crippen LogP contribution in [0.3, 0.4) is 0 Å². The molecule has 1 heterocycles. The Balaban J connectivity index is 2.02. The summed E-state index contributed by atoms with van der Waals surface area (Å²) in [7, 11) is 0. The highest BCUT2D eigenvalue weighted by Gasteiger charge is 2.01. The molecule has 5 nitrogen and oxygen atoms in total. The molecule has 20 heavy (non-hydrogen) atoms. The second-order valence-electron chi connectivity index (χ2n) is 4.33. The minimum atomic E-state index is 0.145. The first-order valence-electron chi connectivity index (χ1n) is 6.14. The number of aromatic nitrogens is 2. The number of benzene rings is 2. The van der Waals surface area contributed by atoms with Crippen molar-refractivity contribution in [3.8, 4) is 0 Å². The van der Waals surface area contributed by atoms with Crippen molar-refractivity contribution in [1.82, 2.24) is 9.97 Å². The first-order chi connectivity index (χ1) is 9.74. The van der Waals surface area contributed by atoms with Crippen molar-refractivity contribution in [3.05, 3.63) is 54.2 Å². The lowest BCUT2D eigenvalue weighted by molar-refractivity contribution is 1.18. The molecule has 3 aromatic rings. The van der Waals surface area contributed by atoms with E-state index in [0.717, 1.165) is 16.3 Å². The maximum absolute atomic E-state index is 5.75. The quantitative estimate of drug-likeness (QED) is 0.695. The Hall–Kier alpha value is -2.95. The number of rotatable bonds is 2. The predicted octanol–water partition coefficient (Wildman–Crippen LogP) is 2.54. The van der Waals surface area contributed by atoms with Gasteiger partial charge in [0.2, 0.25) is 5.95 Å². The van der Waals surface area contributed by atoms with Crippen molar-refractivity contribution >= 4 is 34.4 Å². The molecule has 5 heteroatoms. The van der Waals surface area contributed by atoms with Crippen LogP contribution in [-0.4, -0.2) is 16.2 Å². The fourth-order valence-electron chi connectivity index (χ4n) is 2.00. The van der Waals surface area contributed by atoms with Crippen LogP contribution in [-0.2, 0) is 0 Å². The molecule has 98 valence electrons. The summed E-state index contributed by atoms with van der Waals surface area (Å²) in [6, 6.07) is 14.2. The van der Waals surface area contributed by atoms with Crippen LogP contribution in [0.1, 0.15) is 5.56 Å². The second-order valence-corrected chi connectivity index (χ2v) is 4.33. The third kappa shape index (κ3) is 2.29. The van der Waals surface area contributed by atoms with Gasteiger partial charge >= 0.3 is 0 Å². The highest BCUT2D eigenvalue weighted by molar-refractivity contribution is 6.00. The number of nitrogen functional groups attached to an aromatic ring is 2. The minimum Gasteiger partial charge on any atom is -0.382 e. The summed E-state index contributed by atoms with van der Waals surface area (Å²) in [5.74, 6) is 0.417. The summed E-state index contributed by atoms with van der Waals surface area (Å²) in [5, 5.41) is 2.30. The van der Waals surface area contributed by atoms with Crippen molar-refractivity contribution in [3.63, 3.8) is 0 Å². The molecule has 0 unspecified atom stereocenters. The van der Waals surface area contributed by atoms with Crippen LogP contribution in [0, 0.1) is 0 Å². The van der Waals surface area contributed by atoms with Crippen LogP contribution in [0.4, 0.5) is 17.5 Å². The van der Waals surface area contributed by atoms with Gasteiger partial charge in [-0.25, -0.2) is 4.98 Å². The van der Waals surface area contributed by atoms with Gasteiger partial charge in [0.25, 0.3) is 0 Å². The molecule has 0 aliphatic carbocycles. The molecule has 0 spiro atoms. The lowest BCUT2D eigenvalue weighted by Gasteiger charge is -2.02. The highest BCUT2D eigenvalue weighted by Crippen LogP contribution is 2.21. The molecule has 1 aromatic heterocycles. The highest BCUT2D eigenvalue weighted by atomic mass is 15.0. The van der Waals surface area contributed by atoms with E-state index in [4.69, 9.17) is 11.5 Å². The van der Waals surface area contributed by atoms with Gasteiger partial charge in [0.1, 0.15) is 5.69 Å². The number of nitrogens with two attached hydrogens (primary N) is 2.